The van der Waals surface area contributed by atoms with Crippen LogP contribution in [0.2, 0.25) is 0 Å². The Balaban J connectivity index is 0.897. The molecule has 0 spiro atoms. The molecule has 94 heavy (non-hydrogen) atoms. The minimum absolute atomic E-state index is 0.0483. The van der Waals surface area contributed by atoms with E-state index in [9.17, 15) is 89.6 Å². The van der Waals surface area contributed by atoms with Crippen molar-refractivity contribution in [3.63, 3.8) is 0 Å². The smallest absolute Gasteiger partial charge is 0.394 e. The molecule has 0 aromatic heterocycles. The van der Waals surface area contributed by atoms with Crippen LogP contribution in [0, 0.1) is 34.5 Å². The molecule has 16 N–H and O–H groups in total. The first kappa shape index (κ1) is 74.9. The summed E-state index contributed by atoms with van der Waals surface area (Å²) in [5, 5.41) is 169. The molecule has 31 nitrogen and oxygen atoms in total. The van der Waals surface area contributed by atoms with E-state index in [4.69, 9.17) is 61.0 Å². The van der Waals surface area contributed by atoms with Crippen LogP contribution < -0.4 is 0 Å². The summed E-state index contributed by atoms with van der Waals surface area (Å²) in [6.45, 7) is 14.4. The maximum atomic E-state index is 12.5. The van der Waals surface area contributed by atoms with Crippen molar-refractivity contribution in [1.29, 1.82) is 0 Å². The molecule has 542 valence electrons. The van der Waals surface area contributed by atoms with Gasteiger partial charge in [0.05, 0.1) is 55.4 Å². The van der Waals surface area contributed by atoms with Crippen molar-refractivity contribution in [2.75, 3.05) is 13.2 Å². The summed E-state index contributed by atoms with van der Waals surface area (Å²) in [5.41, 5.74) is 0.430. The van der Waals surface area contributed by atoms with Crippen LogP contribution in [-0.4, -0.2) is 299 Å². The second-order valence-electron chi connectivity index (χ2n) is 29.0. The molecule has 10 aliphatic rings. The van der Waals surface area contributed by atoms with Crippen molar-refractivity contribution in [3.05, 3.63) is 23.3 Å². The Labute approximate surface area is 546 Å². The molecular weight excluding hydrogens is 1270 g/mol. The van der Waals surface area contributed by atoms with Gasteiger partial charge in [-0.05, 0) is 141 Å². The molecule has 6 aliphatic heterocycles. The minimum Gasteiger partial charge on any atom is -0.394 e. The van der Waals surface area contributed by atoms with Gasteiger partial charge in [-0.15, -0.1) is 0 Å². The maximum absolute atomic E-state index is 12.5. The molecule has 3 saturated carbocycles. The van der Waals surface area contributed by atoms with Crippen molar-refractivity contribution < 1.29 is 151 Å². The third kappa shape index (κ3) is 14.8. The highest BCUT2D eigenvalue weighted by atomic mass is 32.3. The molecule has 4 aliphatic carbocycles. The fraction of sp³-hybridized carbons (Fsp3) is 0.935. The fourth-order valence-electron chi connectivity index (χ4n) is 17.0. The summed E-state index contributed by atoms with van der Waals surface area (Å²) in [5.74, 6) is -0.539. The van der Waals surface area contributed by atoms with Crippen LogP contribution in [0.3, 0.4) is 0 Å². The van der Waals surface area contributed by atoms with Gasteiger partial charge in [0, 0.05) is 0 Å². The van der Waals surface area contributed by atoms with Crippen molar-refractivity contribution >= 4 is 10.4 Å². The fourth-order valence-corrected chi connectivity index (χ4v) is 17.5. The van der Waals surface area contributed by atoms with E-state index < -0.39 is 231 Å². The zero-order valence-electron chi connectivity index (χ0n) is 54.3. The lowest BCUT2D eigenvalue weighted by molar-refractivity contribution is -0.401. The van der Waals surface area contributed by atoms with Crippen LogP contribution in [0.1, 0.15) is 120 Å². The van der Waals surface area contributed by atoms with Gasteiger partial charge in [-0.2, -0.15) is 8.42 Å². The number of hydrogen-bond acceptors (Lipinski definition) is 30. The van der Waals surface area contributed by atoms with Gasteiger partial charge in [-0.25, -0.2) is 4.18 Å². The van der Waals surface area contributed by atoms with Gasteiger partial charge in [-0.3, -0.25) is 4.55 Å². The second-order valence-corrected chi connectivity index (χ2v) is 30.0. The number of ether oxygens (including phenoxy) is 12. The maximum Gasteiger partial charge on any atom is 0.397 e. The van der Waals surface area contributed by atoms with E-state index >= 15 is 0 Å². The van der Waals surface area contributed by atoms with Gasteiger partial charge < -0.3 is 133 Å². The lowest BCUT2D eigenvalue weighted by Crippen LogP contribution is -2.67. The third-order valence-corrected chi connectivity index (χ3v) is 22.9. The third-order valence-electron chi connectivity index (χ3n) is 22.4. The van der Waals surface area contributed by atoms with Gasteiger partial charge in [0.25, 0.3) is 0 Å². The van der Waals surface area contributed by atoms with Crippen molar-refractivity contribution in [3.8, 4) is 0 Å². The van der Waals surface area contributed by atoms with Crippen LogP contribution >= 0.6 is 0 Å². The summed E-state index contributed by atoms with van der Waals surface area (Å²) in [7, 11) is -4.88. The number of allylic oxidation sites excluding steroid dienone is 4. The number of aliphatic hydroxyl groups excluding tert-OH is 14. The number of fused-ring (bicyclic) bond motifs is 5. The lowest BCUT2D eigenvalue weighted by Gasteiger charge is -2.60. The van der Waals surface area contributed by atoms with E-state index in [1.165, 1.54) is 33.3 Å². The number of rotatable bonds is 19. The van der Waals surface area contributed by atoms with Crippen molar-refractivity contribution in [2.45, 2.75) is 316 Å². The molecule has 30 unspecified atom stereocenters. The van der Waals surface area contributed by atoms with Gasteiger partial charge in [0.1, 0.15) is 116 Å². The quantitative estimate of drug-likeness (QED) is 0.0450. The molecule has 6 heterocycles. The molecular formula is C62H102O31S. The average Bonchev–Trinajstić information content (AvgIpc) is 1.34. The first-order valence-corrected chi connectivity index (χ1v) is 34.4. The molecule has 0 radical (unpaired) electrons. The zero-order chi connectivity index (χ0) is 68.7. The van der Waals surface area contributed by atoms with E-state index in [2.05, 4.69) is 26.0 Å². The molecule has 6 saturated heterocycles. The highest BCUT2D eigenvalue weighted by molar-refractivity contribution is 7.80. The highest BCUT2D eigenvalue weighted by Crippen LogP contribution is 2.67. The lowest BCUT2D eigenvalue weighted by atomic mass is 9.47. The molecule has 9 fully saturated rings. The normalized spacial score (nSPS) is 52.4. The molecule has 32 heteroatoms. The monoisotopic (exact) mass is 1370 g/mol. The van der Waals surface area contributed by atoms with Crippen LogP contribution in [-0.2, 0) is 71.4 Å². The molecule has 0 aromatic rings. The Morgan fingerprint density at radius 2 is 1.07 bits per heavy atom. The number of aliphatic hydroxyl groups is 15. The van der Waals surface area contributed by atoms with E-state index in [1.54, 1.807) is 0 Å². The molecule has 38 atom stereocenters. The van der Waals surface area contributed by atoms with Gasteiger partial charge in [0.15, 0.2) is 37.7 Å². The Morgan fingerprint density at radius 1 is 0.574 bits per heavy atom. The standard InChI is InChI=1S/C62H102O31S/c1-23(2)11-10-16-62(9,77)36-13-12-30-29-20-33(32-19-28(93-94(78,79)80)14-17-60(32,7)31(29)15-18-61(30,36)8)86-56-48(75)51(40(67)26(5)83-56)90-58-52(91-54-46(73)43(70)37(64)24(3)82-54)42(69)35(22-81-58)88-59-53(45(72)38(65)25(4)85-59)92-57-49(76)50(39(66)27(6)84-57)89-55-47(74)44(71)41(68)34(21-63)87-55/h11,15,24-30,32-59,63-77H,10,12-14,16-22H2,1-9H3,(H,78,79,80)/t24?,25?,26?,27?,28-,29?,30-,32+,33-,34?,35?,36-,37?,38?,39?,40?,41?,42?,43?,44?,45?,46?,47?,48?,49?,50?,51?,52?,53?,54?,55?,56?,57?,58?,59?,60+,61-,62-/m0/s1. The van der Waals surface area contributed by atoms with Gasteiger partial charge in [-0.1, -0.05) is 37.1 Å². The van der Waals surface area contributed by atoms with E-state index in [0.29, 0.717) is 32.1 Å². The van der Waals surface area contributed by atoms with Gasteiger partial charge >= 0.3 is 10.4 Å². The van der Waals surface area contributed by atoms with Crippen LogP contribution in [0.5, 0.6) is 0 Å². The van der Waals surface area contributed by atoms with Crippen LogP contribution in [0.15, 0.2) is 23.3 Å². The van der Waals surface area contributed by atoms with Crippen molar-refractivity contribution in [1.82, 2.24) is 0 Å². The summed E-state index contributed by atoms with van der Waals surface area (Å²) in [6.07, 6.45) is -42.5. The van der Waals surface area contributed by atoms with Gasteiger partial charge in [0.2, 0.25) is 0 Å². The number of hydrogen-bond donors (Lipinski definition) is 16. The summed E-state index contributed by atoms with van der Waals surface area (Å²) < 4.78 is 113. The Hall–Kier alpha value is -1.73. The van der Waals surface area contributed by atoms with E-state index in [1.807, 2.05) is 20.8 Å². The Kier molecular flexibility index (Phi) is 23.4. The summed E-state index contributed by atoms with van der Waals surface area (Å²) in [4.78, 5) is 0. The zero-order valence-corrected chi connectivity index (χ0v) is 55.1. The molecule has 0 amide bonds. The van der Waals surface area contributed by atoms with Crippen molar-refractivity contribution in [2.24, 2.45) is 34.5 Å². The predicted octanol–water partition coefficient (Wildman–Crippen LogP) is -3.08. The molecule has 0 bridgehead atoms. The first-order valence-electron chi connectivity index (χ1n) is 33.0. The first-order chi connectivity index (χ1) is 44.0. The van der Waals surface area contributed by atoms with Crippen LogP contribution in [0.25, 0.3) is 0 Å². The summed E-state index contributed by atoms with van der Waals surface area (Å²) in [6, 6.07) is 0. The SMILES string of the molecule is CC(C)=CCC[C@](C)(O)[C@H]1CC[C@H]2C3C[C@H](OC4OC(C)C(O)C(OC5OCC(OC6OC(C)C(O)C(O)C6OC6OC(C)C(O)C(OC7OC(CO)C(O)C(O)C7O)C6O)C(O)C5OC5OC(C)C(O)C(O)C5O)C4O)[C@H]4C[C@@H](OS(=O)(=O)O)CC[C@]4(C)C3=CC[C@@]21C. The summed E-state index contributed by atoms with van der Waals surface area (Å²) >= 11 is 0. The molecule has 0 aromatic carbocycles. The van der Waals surface area contributed by atoms with E-state index in [0.717, 1.165) is 18.4 Å². The Morgan fingerprint density at radius 3 is 1.66 bits per heavy atom. The second kappa shape index (κ2) is 29.3. The Bertz CT molecular complexity index is 2710. The average molecular weight is 1380 g/mol. The largest absolute Gasteiger partial charge is 0.397 e. The predicted molar refractivity (Wildman–Crippen MR) is 316 cm³/mol. The highest BCUT2D eigenvalue weighted by Gasteiger charge is 2.64. The van der Waals surface area contributed by atoms with E-state index in [-0.39, 0.29) is 36.0 Å². The topological polar surface area (TPSA) is 478 Å². The minimum atomic E-state index is -4.88. The van der Waals surface area contributed by atoms with Crippen LogP contribution in [0.4, 0.5) is 0 Å². The molecule has 10 rings (SSSR count).